The molecule has 7 heteroatoms. The molecule has 2 aromatic rings. The summed E-state index contributed by atoms with van der Waals surface area (Å²) in [6.45, 7) is 1.43. The Morgan fingerprint density at radius 2 is 1.97 bits per heavy atom. The number of carbonyl (C=O) groups excluding carboxylic acids is 3. The van der Waals surface area contributed by atoms with Gasteiger partial charge in [0.1, 0.15) is 5.75 Å². The number of aromatic nitrogens is 1. The summed E-state index contributed by atoms with van der Waals surface area (Å²) < 4.78 is 5.67. The molecule has 178 valence electrons. The average Bonchev–Trinajstić information content (AvgIpc) is 3.29. The quantitative estimate of drug-likeness (QED) is 0.445. The number of ether oxygens (including phenoxy) is 1. The fourth-order valence-electron chi connectivity index (χ4n) is 5.90. The molecule has 0 radical (unpaired) electrons. The summed E-state index contributed by atoms with van der Waals surface area (Å²) in [5.41, 5.74) is -0.381. The lowest BCUT2D eigenvalue weighted by atomic mass is 9.75. The van der Waals surface area contributed by atoms with Crippen LogP contribution in [0.3, 0.4) is 0 Å². The Kier molecular flexibility index (Phi) is 6.35. The van der Waals surface area contributed by atoms with Gasteiger partial charge in [0, 0.05) is 38.2 Å². The number of nitrogens with zero attached hydrogens (tertiary/aromatic N) is 3. The van der Waals surface area contributed by atoms with Gasteiger partial charge in [0.25, 0.3) is 0 Å². The first-order chi connectivity index (χ1) is 16.6. The zero-order chi connectivity index (χ0) is 23.5. The highest BCUT2D eigenvalue weighted by molar-refractivity contribution is 6.10. The van der Waals surface area contributed by atoms with Crippen LogP contribution < -0.4 is 4.74 Å². The van der Waals surface area contributed by atoms with Crippen LogP contribution in [0.25, 0.3) is 0 Å². The zero-order valence-electron chi connectivity index (χ0n) is 19.4. The molecule has 0 N–H and O–H groups in total. The van der Waals surface area contributed by atoms with Crippen LogP contribution in [0.15, 0.2) is 54.9 Å². The molecule has 1 aromatic heterocycles. The largest absolute Gasteiger partial charge is 0.492 e. The van der Waals surface area contributed by atoms with Crippen molar-refractivity contribution in [3.8, 4) is 5.75 Å². The van der Waals surface area contributed by atoms with Gasteiger partial charge in [-0.2, -0.15) is 0 Å². The zero-order valence-corrected chi connectivity index (χ0v) is 19.4. The Morgan fingerprint density at radius 1 is 1.12 bits per heavy atom. The first-order valence-electron chi connectivity index (χ1n) is 12.3. The van der Waals surface area contributed by atoms with Gasteiger partial charge in [-0.05, 0) is 49.3 Å². The lowest BCUT2D eigenvalue weighted by Crippen LogP contribution is -2.44. The molecule has 3 fully saturated rings. The van der Waals surface area contributed by atoms with Crippen LogP contribution >= 0.6 is 0 Å². The molecule has 3 atom stereocenters. The molecule has 1 aliphatic carbocycles. The molecule has 2 saturated heterocycles. The van der Waals surface area contributed by atoms with E-state index in [1.807, 2.05) is 41.3 Å². The SMILES string of the molecule is O=C1C[C@@](CC(=O)N2C[C@@H]3CCC[C@H]2C3)(c2ccccc2)C(=O)N1CCCOc1cccnc1. The summed E-state index contributed by atoms with van der Waals surface area (Å²) in [5.74, 6) is 0.749. The second-order valence-electron chi connectivity index (χ2n) is 9.78. The smallest absolute Gasteiger partial charge is 0.240 e. The third-order valence-corrected chi connectivity index (χ3v) is 7.59. The predicted octanol–water partition coefficient (Wildman–Crippen LogP) is 3.34. The molecule has 34 heavy (non-hydrogen) atoms. The summed E-state index contributed by atoms with van der Waals surface area (Å²) in [7, 11) is 0. The van der Waals surface area contributed by atoms with Gasteiger partial charge in [-0.15, -0.1) is 0 Å². The fraction of sp³-hybridized carbons (Fsp3) is 0.481. The van der Waals surface area contributed by atoms with Gasteiger partial charge in [0.15, 0.2) is 0 Å². The second kappa shape index (κ2) is 9.57. The van der Waals surface area contributed by atoms with Crippen LogP contribution in [0.4, 0.5) is 0 Å². The monoisotopic (exact) mass is 461 g/mol. The van der Waals surface area contributed by atoms with Gasteiger partial charge in [0.05, 0.1) is 18.2 Å². The van der Waals surface area contributed by atoms with Crippen molar-refractivity contribution in [2.45, 2.75) is 56.4 Å². The molecule has 3 aliphatic rings. The molecule has 1 aromatic carbocycles. The average molecular weight is 462 g/mol. The predicted molar refractivity (Wildman–Crippen MR) is 126 cm³/mol. The number of likely N-dealkylation sites (tertiary alicyclic amines) is 2. The van der Waals surface area contributed by atoms with Gasteiger partial charge in [-0.1, -0.05) is 36.8 Å². The van der Waals surface area contributed by atoms with Gasteiger partial charge in [-0.25, -0.2) is 0 Å². The van der Waals surface area contributed by atoms with E-state index >= 15 is 0 Å². The van der Waals surface area contributed by atoms with Crippen molar-refractivity contribution in [3.05, 3.63) is 60.4 Å². The number of rotatable bonds is 8. The molecule has 3 heterocycles. The van der Waals surface area contributed by atoms with Crippen molar-refractivity contribution in [1.82, 2.24) is 14.8 Å². The standard InChI is InChI=1S/C27H31N3O4/c31-24-16-27(21-8-2-1-3-9-21,17-25(32)30-19-20-7-4-10-22(30)15-20)26(33)29(24)13-6-14-34-23-11-5-12-28-18-23/h1-3,5,8-9,11-12,18,20,22H,4,6-7,10,13-17,19H2/t20-,22+,27-/m1/s1. The Balaban J connectivity index is 1.31. The van der Waals surface area contributed by atoms with E-state index in [9.17, 15) is 14.4 Å². The Labute approximate surface area is 200 Å². The summed E-state index contributed by atoms with van der Waals surface area (Å²) in [6, 6.07) is 13.3. The number of pyridine rings is 1. The normalized spacial score (nSPS) is 26.2. The third-order valence-electron chi connectivity index (χ3n) is 7.59. The number of carbonyl (C=O) groups is 3. The van der Waals surface area contributed by atoms with Crippen molar-refractivity contribution in [1.29, 1.82) is 0 Å². The number of benzene rings is 1. The summed E-state index contributed by atoms with van der Waals surface area (Å²) in [4.78, 5) is 47.7. The second-order valence-corrected chi connectivity index (χ2v) is 9.78. The minimum absolute atomic E-state index is 0.00108. The molecule has 7 nitrogen and oxygen atoms in total. The molecule has 1 saturated carbocycles. The molecular formula is C27H31N3O4. The lowest BCUT2D eigenvalue weighted by molar-refractivity contribution is -0.143. The van der Waals surface area contributed by atoms with Crippen molar-refractivity contribution >= 4 is 17.7 Å². The van der Waals surface area contributed by atoms with Gasteiger partial charge < -0.3 is 9.64 Å². The topological polar surface area (TPSA) is 79.8 Å². The molecule has 2 aliphatic heterocycles. The molecule has 2 bridgehead atoms. The number of fused-ring (bicyclic) bond motifs is 2. The van der Waals surface area contributed by atoms with E-state index in [2.05, 4.69) is 4.98 Å². The van der Waals surface area contributed by atoms with Gasteiger partial charge >= 0.3 is 0 Å². The summed E-state index contributed by atoms with van der Waals surface area (Å²) in [5, 5.41) is 0. The summed E-state index contributed by atoms with van der Waals surface area (Å²) in [6.07, 6.45) is 8.35. The third kappa shape index (κ3) is 4.31. The van der Waals surface area contributed by atoms with E-state index in [1.165, 1.54) is 11.3 Å². The molecular weight excluding hydrogens is 430 g/mol. The van der Waals surface area contributed by atoms with Gasteiger partial charge in [0.2, 0.25) is 17.7 Å². The van der Waals surface area contributed by atoms with Crippen LogP contribution in [0.1, 0.15) is 50.5 Å². The number of hydrogen-bond acceptors (Lipinski definition) is 5. The van der Waals surface area contributed by atoms with E-state index in [1.54, 1.807) is 18.5 Å². The Hall–Kier alpha value is -3.22. The Morgan fingerprint density at radius 3 is 2.74 bits per heavy atom. The maximum absolute atomic E-state index is 13.8. The van der Waals surface area contributed by atoms with Crippen LogP contribution in [0.2, 0.25) is 0 Å². The van der Waals surface area contributed by atoms with E-state index in [0.29, 0.717) is 24.7 Å². The Bertz CT molecular complexity index is 1040. The lowest BCUT2D eigenvalue weighted by Gasteiger charge is -2.31. The highest BCUT2D eigenvalue weighted by Gasteiger charge is 2.54. The van der Waals surface area contributed by atoms with E-state index in [0.717, 1.165) is 31.4 Å². The van der Waals surface area contributed by atoms with Crippen LogP contribution in [-0.2, 0) is 19.8 Å². The van der Waals surface area contributed by atoms with E-state index in [4.69, 9.17) is 4.74 Å². The number of imide groups is 1. The van der Waals surface area contributed by atoms with Crippen molar-refractivity contribution in [2.24, 2.45) is 5.92 Å². The fourth-order valence-corrected chi connectivity index (χ4v) is 5.90. The van der Waals surface area contributed by atoms with Gasteiger partial charge in [-0.3, -0.25) is 24.3 Å². The van der Waals surface area contributed by atoms with Crippen molar-refractivity contribution in [3.63, 3.8) is 0 Å². The van der Waals surface area contributed by atoms with Crippen LogP contribution in [-0.4, -0.2) is 58.2 Å². The maximum atomic E-state index is 13.8. The number of amides is 3. The van der Waals surface area contributed by atoms with Crippen molar-refractivity contribution in [2.75, 3.05) is 19.7 Å². The first kappa shape index (κ1) is 22.6. The van der Waals surface area contributed by atoms with E-state index < -0.39 is 5.41 Å². The first-order valence-corrected chi connectivity index (χ1v) is 12.3. The van der Waals surface area contributed by atoms with Crippen LogP contribution in [0.5, 0.6) is 5.75 Å². The highest BCUT2D eigenvalue weighted by atomic mass is 16.5. The minimum Gasteiger partial charge on any atom is -0.492 e. The molecule has 0 spiro atoms. The molecule has 5 rings (SSSR count). The number of hydrogen-bond donors (Lipinski definition) is 0. The van der Waals surface area contributed by atoms with Crippen LogP contribution in [0, 0.1) is 5.92 Å². The summed E-state index contributed by atoms with van der Waals surface area (Å²) >= 11 is 0. The molecule has 0 unspecified atom stereocenters. The molecule has 3 amide bonds. The van der Waals surface area contributed by atoms with E-state index in [-0.39, 0.29) is 43.1 Å². The maximum Gasteiger partial charge on any atom is 0.240 e. The van der Waals surface area contributed by atoms with Crippen molar-refractivity contribution < 1.29 is 19.1 Å². The highest BCUT2D eigenvalue weighted by Crippen LogP contribution is 2.42. The minimum atomic E-state index is -1.13.